The van der Waals surface area contributed by atoms with E-state index in [-0.39, 0.29) is 5.41 Å². The largest absolute Gasteiger partial charge is 0.448 e. The van der Waals surface area contributed by atoms with E-state index in [0.29, 0.717) is 25.7 Å². The van der Waals surface area contributed by atoms with Crippen molar-refractivity contribution in [1.29, 1.82) is 0 Å². The molecule has 1 heterocycles. The van der Waals surface area contributed by atoms with Crippen molar-refractivity contribution in [3.8, 4) is 0 Å². The summed E-state index contributed by atoms with van der Waals surface area (Å²) in [6, 6.07) is 0. The fourth-order valence-corrected chi connectivity index (χ4v) is 3.15. The Hall–Kier alpha value is -1.14. The molecule has 1 N–H and O–H groups in total. The molecule has 0 bridgehead atoms. The molecule has 0 aromatic rings. The Morgan fingerprint density at radius 1 is 1.17 bits per heavy atom. The topological polar surface area (TPSA) is 71.4 Å². The van der Waals surface area contributed by atoms with Crippen LogP contribution in [0, 0.1) is 11.3 Å². The van der Waals surface area contributed by atoms with Crippen LogP contribution in [-0.4, -0.2) is 62.0 Å². The summed E-state index contributed by atoms with van der Waals surface area (Å²) in [5, 5.41) is 7.00. The number of rotatable bonds is 2. The monoisotopic (exact) mass is 342 g/mol. The zero-order valence-corrected chi connectivity index (χ0v) is 15.7. The maximum absolute atomic E-state index is 12.1. The van der Waals surface area contributed by atoms with Gasteiger partial charge in [-0.15, -0.1) is 0 Å². The molecule has 2 rings (SSSR count). The van der Waals surface area contributed by atoms with Crippen molar-refractivity contribution in [2.75, 3.05) is 40.0 Å². The third-order valence-corrected chi connectivity index (χ3v) is 4.35. The van der Waals surface area contributed by atoms with Gasteiger partial charge in [-0.2, -0.15) is 4.99 Å². The van der Waals surface area contributed by atoms with Gasteiger partial charge in [0.05, 0.1) is 19.8 Å². The number of hydrogen-bond acceptors (Lipinski definition) is 4. The molecule has 24 heavy (non-hydrogen) atoms. The van der Waals surface area contributed by atoms with E-state index in [2.05, 4.69) is 30.7 Å². The fraction of sp³-hybridized carbons (Fsp3) is 0.889. The van der Waals surface area contributed by atoms with Crippen molar-refractivity contribution in [3.63, 3.8) is 0 Å². The van der Waals surface area contributed by atoms with Crippen LogP contribution in [0.2, 0.25) is 0 Å². The summed E-state index contributed by atoms with van der Waals surface area (Å²) >= 11 is 0. The Labute approximate surface area is 146 Å². The average Bonchev–Trinajstić information content (AvgIpc) is 2.60. The molecule has 1 saturated heterocycles. The lowest BCUT2D eigenvalue weighted by molar-refractivity contribution is 0.0640. The second kappa shape index (κ2) is 10.7. The second-order valence-corrected chi connectivity index (χ2v) is 7.37. The molecule has 1 aliphatic carbocycles. The minimum atomic E-state index is -0.443. The number of aliphatic imine (C=N–C) groups is 1. The Morgan fingerprint density at radius 3 is 2.29 bits per heavy atom. The maximum Gasteiger partial charge on any atom is 0.435 e. The van der Waals surface area contributed by atoms with E-state index in [4.69, 9.17) is 14.6 Å². The molecule has 6 heteroatoms. The number of ether oxygens (including phenoxy) is 2. The van der Waals surface area contributed by atoms with Crippen LogP contribution < -0.4 is 0 Å². The first-order valence-corrected chi connectivity index (χ1v) is 9.00. The van der Waals surface area contributed by atoms with Gasteiger partial charge in [-0.05, 0) is 18.8 Å². The smallest absolute Gasteiger partial charge is 0.435 e. The van der Waals surface area contributed by atoms with Gasteiger partial charge in [-0.1, -0.05) is 40.0 Å². The minimum Gasteiger partial charge on any atom is -0.448 e. The van der Waals surface area contributed by atoms with E-state index in [1.165, 1.54) is 32.1 Å². The number of amides is 1. The summed E-state index contributed by atoms with van der Waals surface area (Å²) in [4.78, 5) is 18.5. The summed E-state index contributed by atoms with van der Waals surface area (Å²) in [6.45, 7) is 9.69. The van der Waals surface area contributed by atoms with Crippen LogP contribution in [-0.2, 0) is 9.47 Å². The molecule has 0 aromatic carbocycles. The predicted molar refractivity (Wildman–Crippen MR) is 95.3 cm³/mol. The normalized spacial score (nSPS) is 20.2. The van der Waals surface area contributed by atoms with Gasteiger partial charge in [-0.25, -0.2) is 4.79 Å². The van der Waals surface area contributed by atoms with Crippen molar-refractivity contribution >= 4 is 11.9 Å². The first kappa shape index (κ1) is 20.9. The highest BCUT2D eigenvalue weighted by Crippen LogP contribution is 2.24. The van der Waals surface area contributed by atoms with Crippen molar-refractivity contribution in [2.24, 2.45) is 16.3 Å². The minimum absolute atomic E-state index is 0.179. The molecule has 0 radical (unpaired) electrons. The maximum atomic E-state index is 12.1. The first-order valence-electron chi connectivity index (χ1n) is 9.00. The Morgan fingerprint density at radius 2 is 1.75 bits per heavy atom. The summed E-state index contributed by atoms with van der Waals surface area (Å²) in [6.07, 6.45) is 5.73. The van der Waals surface area contributed by atoms with Gasteiger partial charge in [0.2, 0.25) is 0 Å². The molecule has 0 unspecified atom stereocenters. The number of aliphatic hydroxyl groups excluding tert-OH is 1. The molecule has 0 spiro atoms. The molecular weight excluding hydrogens is 308 g/mol. The molecular formula is C18H34N2O4. The summed E-state index contributed by atoms with van der Waals surface area (Å²) in [7, 11) is 1.00. The molecule has 2 fully saturated rings. The van der Waals surface area contributed by atoms with E-state index in [1.807, 2.05) is 0 Å². The molecule has 0 atom stereocenters. The number of nitrogens with zero attached hydrogens (tertiary/aromatic N) is 2. The van der Waals surface area contributed by atoms with E-state index < -0.39 is 6.09 Å². The third kappa shape index (κ3) is 7.18. The average molecular weight is 342 g/mol. The van der Waals surface area contributed by atoms with Gasteiger partial charge in [0.15, 0.2) is 0 Å². The van der Waals surface area contributed by atoms with E-state index >= 15 is 0 Å². The van der Waals surface area contributed by atoms with E-state index in [9.17, 15) is 4.79 Å². The Kier molecular flexibility index (Phi) is 9.29. The van der Waals surface area contributed by atoms with Crippen LogP contribution in [0.3, 0.4) is 0 Å². The Bertz CT molecular complexity index is 392. The number of carbonyl (C=O) groups is 1. The molecule has 6 nitrogen and oxygen atoms in total. The quantitative estimate of drug-likeness (QED) is 0.617. The van der Waals surface area contributed by atoms with Crippen molar-refractivity contribution in [3.05, 3.63) is 0 Å². The second-order valence-electron chi connectivity index (χ2n) is 7.37. The molecule has 1 saturated carbocycles. The zero-order chi connectivity index (χ0) is 18.0. The highest BCUT2D eigenvalue weighted by molar-refractivity contribution is 5.95. The summed E-state index contributed by atoms with van der Waals surface area (Å²) in [5.41, 5.74) is -0.179. The van der Waals surface area contributed by atoms with Gasteiger partial charge < -0.3 is 19.5 Å². The number of hydrogen-bond donors (Lipinski definition) is 1. The number of amidine groups is 1. The number of carbonyl (C=O) groups excluding carboxylic acids is 1. The summed E-state index contributed by atoms with van der Waals surface area (Å²) in [5.74, 6) is 1.33. The highest BCUT2D eigenvalue weighted by atomic mass is 16.5. The molecule has 0 aromatic heterocycles. The van der Waals surface area contributed by atoms with Gasteiger partial charge in [0.1, 0.15) is 5.84 Å². The predicted octanol–water partition coefficient (Wildman–Crippen LogP) is 3.09. The number of aliphatic hydroxyl groups is 1. The van der Waals surface area contributed by atoms with E-state index in [1.54, 1.807) is 0 Å². The zero-order valence-electron chi connectivity index (χ0n) is 15.7. The van der Waals surface area contributed by atoms with Gasteiger partial charge in [0, 0.05) is 25.6 Å². The van der Waals surface area contributed by atoms with Crippen LogP contribution >= 0.6 is 0 Å². The van der Waals surface area contributed by atoms with Crippen LogP contribution in [0.15, 0.2) is 4.99 Å². The molecule has 2 aliphatic rings. The Balaban J connectivity index is 0.00000139. The molecule has 1 aliphatic heterocycles. The van der Waals surface area contributed by atoms with Gasteiger partial charge >= 0.3 is 6.09 Å². The molecule has 140 valence electrons. The van der Waals surface area contributed by atoms with Crippen LogP contribution in [0.25, 0.3) is 0 Å². The first-order chi connectivity index (χ1) is 11.5. The van der Waals surface area contributed by atoms with Crippen LogP contribution in [0.4, 0.5) is 4.79 Å². The van der Waals surface area contributed by atoms with Crippen LogP contribution in [0.1, 0.15) is 52.9 Å². The highest BCUT2D eigenvalue weighted by Gasteiger charge is 2.28. The van der Waals surface area contributed by atoms with E-state index in [0.717, 1.165) is 26.0 Å². The van der Waals surface area contributed by atoms with Crippen molar-refractivity contribution in [2.45, 2.75) is 52.9 Å². The lowest BCUT2D eigenvalue weighted by Gasteiger charge is -2.35. The lowest BCUT2D eigenvalue weighted by Crippen LogP contribution is -2.46. The van der Waals surface area contributed by atoms with Crippen molar-refractivity contribution in [1.82, 2.24) is 4.90 Å². The standard InChI is InChI=1S/C17H30N2O3.CH4O/c1-17(2,3)15(19-9-11-21-12-10-19)18-16(20)22-13-14-7-5-4-6-8-14;1-2/h14H,4-13H2,1-3H3;2H,1H3/b18-15-;. The molecule has 1 amide bonds. The SMILES string of the molecule is CC(C)(C)/C(=N/C(=O)OCC1CCCCC1)N1CCOCC1.CO. The number of morpholine rings is 1. The van der Waals surface area contributed by atoms with Gasteiger partial charge in [0.25, 0.3) is 0 Å². The van der Waals surface area contributed by atoms with Gasteiger partial charge in [-0.3, -0.25) is 0 Å². The fourth-order valence-electron chi connectivity index (χ4n) is 3.15. The van der Waals surface area contributed by atoms with Crippen LogP contribution in [0.5, 0.6) is 0 Å². The van der Waals surface area contributed by atoms with Crippen molar-refractivity contribution < 1.29 is 19.4 Å². The third-order valence-electron chi connectivity index (χ3n) is 4.35. The lowest BCUT2D eigenvalue weighted by atomic mass is 9.90. The summed E-state index contributed by atoms with van der Waals surface area (Å²) < 4.78 is 10.8.